The number of benzene rings is 1. The van der Waals surface area contributed by atoms with Crippen LogP contribution in [0.4, 0.5) is 23.2 Å². The quantitative estimate of drug-likeness (QED) is 0.631. The summed E-state index contributed by atoms with van der Waals surface area (Å²) in [5, 5.41) is 8.40. The number of hydrogen-bond acceptors (Lipinski definition) is 2. The molecule has 0 saturated carbocycles. The third-order valence-electron chi connectivity index (χ3n) is 1.90. The number of carboxylic acid groups (broad SMARTS) is 1. The smallest absolute Gasteiger partial charge is 0.341 e. The van der Waals surface area contributed by atoms with Gasteiger partial charge in [-0.1, -0.05) is 0 Å². The summed E-state index contributed by atoms with van der Waals surface area (Å²) < 4.78 is 52.7. The van der Waals surface area contributed by atoms with E-state index in [9.17, 15) is 22.4 Å². The van der Waals surface area contributed by atoms with Gasteiger partial charge in [0.2, 0.25) is 0 Å². The SMILES string of the molecule is CN(C)c1c(F)c(F)c(C(=O)O)c(F)c1F. The van der Waals surface area contributed by atoms with Crippen molar-refractivity contribution in [1.82, 2.24) is 0 Å². The Balaban J connectivity index is 3.70. The predicted octanol–water partition coefficient (Wildman–Crippen LogP) is 2.01. The lowest BCUT2D eigenvalue weighted by molar-refractivity contribution is 0.0683. The second kappa shape index (κ2) is 3.99. The van der Waals surface area contributed by atoms with Crippen molar-refractivity contribution in [1.29, 1.82) is 0 Å². The van der Waals surface area contributed by atoms with Crippen LogP contribution >= 0.6 is 0 Å². The van der Waals surface area contributed by atoms with Crippen LogP contribution in [0.2, 0.25) is 0 Å². The van der Waals surface area contributed by atoms with Gasteiger partial charge in [0.25, 0.3) is 0 Å². The number of rotatable bonds is 2. The summed E-state index contributed by atoms with van der Waals surface area (Å²) in [4.78, 5) is 11.2. The van der Waals surface area contributed by atoms with Crippen molar-refractivity contribution in [3.05, 3.63) is 28.8 Å². The summed E-state index contributed by atoms with van der Waals surface area (Å²) in [5.74, 6) is -9.38. The van der Waals surface area contributed by atoms with Crippen molar-refractivity contribution < 1.29 is 27.5 Å². The Hall–Kier alpha value is -1.79. The summed E-state index contributed by atoms with van der Waals surface area (Å²) >= 11 is 0. The van der Waals surface area contributed by atoms with Gasteiger partial charge in [0.1, 0.15) is 11.3 Å². The fourth-order valence-electron chi connectivity index (χ4n) is 1.20. The number of carboxylic acids is 1. The van der Waals surface area contributed by atoms with Crippen molar-refractivity contribution in [2.45, 2.75) is 0 Å². The maximum absolute atomic E-state index is 13.2. The molecule has 88 valence electrons. The van der Waals surface area contributed by atoms with Gasteiger partial charge in [-0.2, -0.15) is 0 Å². The highest BCUT2D eigenvalue weighted by Crippen LogP contribution is 2.29. The molecule has 0 spiro atoms. The fourth-order valence-corrected chi connectivity index (χ4v) is 1.20. The standard InChI is InChI=1S/C9H7F4NO2/c1-14(2)8-6(12)4(10)3(9(15)16)5(11)7(8)13/h1-2H3,(H,15,16). The van der Waals surface area contributed by atoms with Gasteiger partial charge in [-0.15, -0.1) is 0 Å². The van der Waals surface area contributed by atoms with Crippen molar-refractivity contribution in [3.8, 4) is 0 Å². The lowest BCUT2D eigenvalue weighted by Crippen LogP contribution is -2.18. The number of carbonyl (C=O) groups is 1. The molecule has 7 heteroatoms. The average molecular weight is 237 g/mol. The van der Waals surface area contributed by atoms with E-state index in [1.165, 1.54) is 14.1 Å². The Morgan fingerprint density at radius 3 is 1.62 bits per heavy atom. The number of anilines is 1. The molecule has 0 radical (unpaired) electrons. The minimum absolute atomic E-state index is 0.808. The summed E-state index contributed by atoms with van der Waals surface area (Å²) in [6, 6.07) is 0. The molecule has 0 fully saturated rings. The zero-order valence-corrected chi connectivity index (χ0v) is 8.31. The monoisotopic (exact) mass is 237 g/mol. The molecule has 0 amide bonds. The van der Waals surface area contributed by atoms with E-state index in [0.717, 1.165) is 4.90 Å². The first-order chi connectivity index (χ1) is 7.29. The first-order valence-electron chi connectivity index (χ1n) is 4.05. The normalized spacial score (nSPS) is 10.4. The van der Waals surface area contributed by atoms with Gasteiger partial charge in [-0.25, -0.2) is 22.4 Å². The Morgan fingerprint density at radius 1 is 1.00 bits per heavy atom. The molecule has 1 N–H and O–H groups in total. The van der Waals surface area contributed by atoms with Gasteiger partial charge in [0.15, 0.2) is 23.3 Å². The average Bonchev–Trinajstić information content (AvgIpc) is 2.14. The van der Waals surface area contributed by atoms with Crippen molar-refractivity contribution in [2.75, 3.05) is 19.0 Å². The van der Waals surface area contributed by atoms with Crippen LogP contribution in [0.5, 0.6) is 0 Å². The zero-order valence-electron chi connectivity index (χ0n) is 8.31. The Labute approximate surface area is 87.9 Å². The molecule has 3 nitrogen and oxygen atoms in total. The van der Waals surface area contributed by atoms with Crippen LogP contribution in [-0.2, 0) is 0 Å². The molecule has 0 bridgehead atoms. The summed E-state index contributed by atoms with van der Waals surface area (Å²) in [5.41, 5.74) is -2.60. The molecule has 0 aliphatic rings. The van der Waals surface area contributed by atoms with Crippen molar-refractivity contribution in [3.63, 3.8) is 0 Å². The maximum Gasteiger partial charge on any atom is 0.341 e. The molecule has 1 rings (SSSR count). The summed E-state index contributed by atoms with van der Waals surface area (Å²) in [6.45, 7) is 0. The third kappa shape index (κ3) is 1.68. The van der Waals surface area contributed by atoms with E-state index in [2.05, 4.69) is 0 Å². The van der Waals surface area contributed by atoms with Crippen molar-refractivity contribution >= 4 is 11.7 Å². The van der Waals surface area contributed by atoms with E-state index in [4.69, 9.17) is 5.11 Å². The van der Waals surface area contributed by atoms with Crippen LogP contribution < -0.4 is 4.90 Å². The number of aromatic carboxylic acids is 1. The van der Waals surface area contributed by atoms with Gasteiger partial charge in [-0.05, 0) is 0 Å². The van der Waals surface area contributed by atoms with Gasteiger partial charge >= 0.3 is 5.97 Å². The van der Waals surface area contributed by atoms with Crippen LogP contribution in [0, 0.1) is 23.3 Å². The second-order valence-electron chi connectivity index (χ2n) is 3.18. The van der Waals surface area contributed by atoms with E-state index in [1.807, 2.05) is 0 Å². The molecule has 0 heterocycles. The number of hydrogen-bond donors (Lipinski definition) is 1. The molecule has 1 aromatic carbocycles. The van der Waals surface area contributed by atoms with Crippen LogP contribution in [0.15, 0.2) is 0 Å². The highest BCUT2D eigenvalue weighted by Gasteiger charge is 2.29. The van der Waals surface area contributed by atoms with Gasteiger partial charge < -0.3 is 10.0 Å². The van der Waals surface area contributed by atoms with Crippen LogP contribution in [-0.4, -0.2) is 25.2 Å². The zero-order chi connectivity index (χ0) is 12.6. The molecule has 0 aliphatic carbocycles. The molecular formula is C9H7F4NO2. The Morgan fingerprint density at radius 2 is 1.38 bits per heavy atom. The topological polar surface area (TPSA) is 40.5 Å². The lowest BCUT2D eigenvalue weighted by atomic mass is 10.1. The summed E-state index contributed by atoms with van der Waals surface area (Å²) in [6.07, 6.45) is 0. The lowest BCUT2D eigenvalue weighted by Gasteiger charge is -2.16. The van der Waals surface area contributed by atoms with Crippen LogP contribution in [0.25, 0.3) is 0 Å². The third-order valence-corrected chi connectivity index (χ3v) is 1.90. The van der Waals surface area contributed by atoms with E-state index < -0.39 is 40.5 Å². The number of halogens is 4. The Kier molecular flexibility index (Phi) is 3.06. The molecule has 1 aromatic rings. The fraction of sp³-hybridized carbons (Fsp3) is 0.222. The highest BCUT2D eigenvalue weighted by atomic mass is 19.2. The number of nitrogens with zero attached hydrogens (tertiary/aromatic N) is 1. The first-order valence-corrected chi connectivity index (χ1v) is 4.05. The first kappa shape index (κ1) is 12.3. The molecule has 0 saturated heterocycles. The highest BCUT2D eigenvalue weighted by molar-refractivity contribution is 5.89. The molecule has 0 aliphatic heterocycles. The van der Waals surface area contributed by atoms with E-state index in [0.29, 0.717) is 0 Å². The molecule has 0 atom stereocenters. The van der Waals surface area contributed by atoms with E-state index in [1.54, 1.807) is 0 Å². The second-order valence-corrected chi connectivity index (χ2v) is 3.18. The van der Waals surface area contributed by atoms with Crippen LogP contribution in [0.1, 0.15) is 10.4 Å². The largest absolute Gasteiger partial charge is 0.477 e. The summed E-state index contributed by atoms with van der Waals surface area (Å²) in [7, 11) is 2.33. The van der Waals surface area contributed by atoms with Gasteiger partial charge in [0.05, 0.1) is 0 Å². The molecular weight excluding hydrogens is 230 g/mol. The van der Waals surface area contributed by atoms with Gasteiger partial charge in [0, 0.05) is 14.1 Å². The minimum atomic E-state index is -2.07. The molecule has 16 heavy (non-hydrogen) atoms. The molecule has 0 unspecified atom stereocenters. The predicted molar refractivity (Wildman–Crippen MR) is 47.6 cm³/mol. The minimum Gasteiger partial charge on any atom is -0.477 e. The van der Waals surface area contributed by atoms with E-state index >= 15 is 0 Å². The van der Waals surface area contributed by atoms with E-state index in [-0.39, 0.29) is 0 Å². The van der Waals surface area contributed by atoms with Crippen molar-refractivity contribution in [2.24, 2.45) is 0 Å². The van der Waals surface area contributed by atoms with Crippen LogP contribution in [0.3, 0.4) is 0 Å². The Bertz CT molecular complexity index is 430. The molecule has 0 aromatic heterocycles. The maximum atomic E-state index is 13.2. The van der Waals surface area contributed by atoms with Gasteiger partial charge in [-0.3, -0.25) is 0 Å².